The quantitative estimate of drug-likeness (QED) is 0.0171. The summed E-state index contributed by atoms with van der Waals surface area (Å²) in [7, 11) is 0. The van der Waals surface area contributed by atoms with E-state index in [-0.39, 0.29) is 228 Å². The van der Waals surface area contributed by atoms with Crippen molar-refractivity contribution in [1.29, 1.82) is 0 Å². The van der Waals surface area contributed by atoms with E-state index in [1.807, 2.05) is 83.1 Å². The van der Waals surface area contributed by atoms with Crippen molar-refractivity contribution >= 4 is 81.5 Å². The fourth-order valence-electron chi connectivity index (χ4n) is 16.1. The van der Waals surface area contributed by atoms with Gasteiger partial charge >= 0.3 is 12.1 Å². The third-order valence-electron chi connectivity index (χ3n) is 22.5. The number of carbonyl (C=O) groups excluding carboxylic acids is 14. The maximum Gasteiger partial charge on any atom is 0.315 e. The summed E-state index contributed by atoms with van der Waals surface area (Å²) in [6.45, 7) is 30.9. The molecule has 0 spiro atoms. The highest BCUT2D eigenvalue weighted by molar-refractivity contribution is 6.25. The van der Waals surface area contributed by atoms with Gasteiger partial charge in [-0.15, -0.1) is 0 Å². The third-order valence-corrected chi connectivity index (χ3v) is 22.5. The molecule has 700 valence electrons. The minimum Gasteiger partial charge on any atom is -0.379 e. The summed E-state index contributed by atoms with van der Waals surface area (Å²) in [5.41, 5.74) is -3.28. The van der Waals surface area contributed by atoms with Gasteiger partial charge in [-0.2, -0.15) is 0 Å². The van der Waals surface area contributed by atoms with Gasteiger partial charge in [-0.25, -0.2) is 9.59 Å². The molecule has 0 radical (unpaired) electrons. The average molecular weight is 1750 g/mol. The van der Waals surface area contributed by atoms with Gasteiger partial charge in [0.25, 0.3) is 0 Å². The van der Waals surface area contributed by atoms with Crippen LogP contribution in [0, 0.1) is 32.5 Å². The average Bonchev–Trinajstić information content (AvgIpc) is 0.813. The third kappa shape index (κ3) is 40.4. The topological polar surface area (TPSA) is 427 Å². The minimum absolute atomic E-state index is 0.0148. The molecule has 0 heterocycles. The first-order valence-electron chi connectivity index (χ1n) is 45.3. The maximum absolute atomic E-state index is 14.1. The van der Waals surface area contributed by atoms with Crippen molar-refractivity contribution in [3.8, 4) is 0 Å². The summed E-state index contributed by atoms with van der Waals surface area (Å²) in [5, 5.41) is 35.2. The molecule has 0 aliphatic heterocycles. The Bertz CT molecular complexity index is 3180. The van der Waals surface area contributed by atoms with E-state index >= 15 is 0 Å². The van der Waals surface area contributed by atoms with Crippen LogP contribution in [0.5, 0.6) is 0 Å². The fourth-order valence-corrected chi connectivity index (χ4v) is 16.1. The molecule has 6 aliphatic rings. The van der Waals surface area contributed by atoms with Crippen LogP contribution in [0.4, 0.5) is 9.59 Å². The van der Waals surface area contributed by atoms with E-state index in [2.05, 4.69) is 58.5 Å². The molecular formula is C94H149N11O20. The van der Waals surface area contributed by atoms with Crippen molar-refractivity contribution in [1.82, 2.24) is 58.5 Å². The highest BCUT2D eigenvalue weighted by Gasteiger charge is 2.42. The molecule has 0 aromatic carbocycles. The summed E-state index contributed by atoms with van der Waals surface area (Å²) >= 11 is 0. The molecule has 31 heteroatoms. The summed E-state index contributed by atoms with van der Waals surface area (Å²) in [6, 6.07) is -0.992. The number of hydrogen-bond acceptors (Lipinski definition) is 27. The van der Waals surface area contributed by atoms with E-state index < -0.39 is 23.1 Å². The number of hydrogen-bond donors (Lipinski definition) is 11. The fraction of sp³-hybridized carbons (Fsp3) is 0.723. The molecule has 125 heavy (non-hydrogen) atoms. The van der Waals surface area contributed by atoms with E-state index in [1.54, 1.807) is 36.5 Å². The number of ether oxygens (including phenoxy) is 6. The molecular weight excluding hydrogens is 1600 g/mol. The van der Waals surface area contributed by atoms with Gasteiger partial charge in [0.2, 0.25) is 0 Å². The summed E-state index contributed by atoms with van der Waals surface area (Å²) in [6.07, 6.45) is 17.9. The molecule has 0 unspecified atom stereocenters. The number of ketones is 12. The molecule has 0 aromatic heterocycles. The second kappa shape index (κ2) is 52.8. The number of allylic oxidation sites excluding steroid dienone is 6. The van der Waals surface area contributed by atoms with Crippen LogP contribution in [0.25, 0.3) is 0 Å². The zero-order valence-corrected chi connectivity index (χ0v) is 77.1. The zero-order valence-electron chi connectivity index (χ0n) is 77.1. The van der Waals surface area contributed by atoms with Crippen molar-refractivity contribution in [3.63, 3.8) is 0 Å². The largest absolute Gasteiger partial charge is 0.379 e. The van der Waals surface area contributed by atoms with Crippen LogP contribution in [-0.4, -0.2) is 277 Å². The van der Waals surface area contributed by atoms with Gasteiger partial charge in [0.1, 0.15) is 11.1 Å². The van der Waals surface area contributed by atoms with E-state index in [9.17, 15) is 67.1 Å². The Hall–Kier alpha value is -7.50. The number of urea groups is 2. The van der Waals surface area contributed by atoms with Crippen molar-refractivity contribution in [2.75, 3.05) is 184 Å². The Labute approximate surface area is 740 Å². The van der Waals surface area contributed by atoms with Gasteiger partial charge in [-0.1, -0.05) is 120 Å². The van der Waals surface area contributed by atoms with Crippen molar-refractivity contribution < 1.29 is 95.5 Å². The molecule has 6 saturated carbocycles. The summed E-state index contributed by atoms with van der Waals surface area (Å²) in [5.74, 6) is -1.87. The summed E-state index contributed by atoms with van der Waals surface area (Å²) in [4.78, 5) is 182. The molecule has 4 amide bonds. The first-order valence-corrected chi connectivity index (χ1v) is 45.3. The number of nitrogens with one attached hydrogen (secondary N) is 11. The second-order valence-electron chi connectivity index (χ2n) is 39.3. The van der Waals surface area contributed by atoms with Crippen LogP contribution in [0.1, 0.15) is 212 Å². The lowest BCUT2D eigenvalue weighted by Crippen LogP contribution is -2.61. The molecule has 6 rings (SSSR count). The van der Waals surface area contributed by atoms with Crippen molar-refractivity contribution in [2.45, 2.75) is 223 Å². The molecule has 6 aliphatic carbocycles. The lowest BCUT2D eigenvalue weighted by atomic mass is 9.74. The number of rotatable bonds is 58. The van der Waals surface area contributed by atoms with Crippen molar-refractivity contribution in [2.24, 2.45) is 32.5 Å². The molecule has 6 fully saturated rings. The SMILES string of the molecule is CC1(C)CC(=O)C(=CCNCCCOCC(COCCCNCC=C2C(=O)CC(C)(C)CC2=O)(COCCCNCC=C2C(=O)CC(C)(C)CC2=O)NC(=O)NCCCNCCCNC(=O)NC(COCCCNCC=C2C(=O)CC(C)(C)CC2=O)(COCCCNCC=C2C(=O)CC(C)(C)CC2=O)COCCCNCC=C2C(=O)CC(C)(C)CC2=O)C(=O)C1. The first-order chi connectivity index (χ1) is 59.1. The van der Waals surface area contributed by atoms with E-state index in [0.29, 0.717) is 220 Å². The highest BCUT2D eigenvalue weighted by atomic mass is 16.5. The number of amides is 4. The predicted octanol–water partition coefficient (Wildman–Crippen LogP) is 6.72. The van der Waals surface area contributed by atoms with Gasteiger partial charge in [0.15, 0.2) is 69.4 Å². The Morgan fingerprint density at radius 3 is 0.552 bits per heavy atom. The predicted molar refractivity (Wildman–Crippen MR) is 477 cm³/mol. The standard InChI is InChI=1S/C94H149N11O20/c1-87(2)49-73(106)67(74(107)50-87)21-37-96-29-15-43-120-61-93(62-121-44-16-30-97-38-22-68-75(108)51-88(3,4)52-76(68)109,63-122-45-17-31-98-39-23-69-77(110)53-89(5,6)54-78(69)111)104-85(118)102-35-13-27-95-28-14-36-103-86(119)105-94(64-123-46-18-32-99-40-24-70-79(112)55-90(7,8)56-80(70)113,65-124-47-19-33-100-41-25-71-81(114)57-91(9,10)58-82(71)115)66-125-48-20-34-101-42-26-72-83(116)59-92(11,12)60-84(72)117/h21-26,95-101H,13-20,27-66H2,1-12H3,(H2,102,104,118)(H2,103,105,119). The van der Waals surface area contributed by atoms with E-state index in [0.717, 1.165) is 0 Å². The van der Waals surface area contributed by atoms with Gasteiger partial charge in [0, 0.05) is 169 Å². The van der Waals surface area contributed by atoms with Crippen LogP contribution in [-0.2, 0) is 86.0 Å². The maximum atomic E-state index is 14.1. The van der Waals surface area contributed by atoms with E-state index in [1.165, 1.54) is 0 Å². The van der Waals surface area contributed by atoms with Gasteiger partial charge in [-0.3, -0.25) is 57.5 Å². The Morgan fingerprint density at radius 1 is 0.240 bits per heavy atom. The van der Waals surface area contributed by atoms with Crippen LogP contribution in [0.2, 0.25) is 0 Å². The van der Waals surface area contributed by atoms with Gasteiger partial charge in [0.05, 0.1) is 73.1 Å². The molecule has 11 N–H and O–H groups in total. The monoisotopic (exact) mass is 1750 g/mol. The molecule has 0 aromatic rings. The van der Waals surface area contributed by atoms with Gasteiger partial charge in [-0.05, 0) is 136 Å². The highest BCUT2D eigenvalue weighted by Crippen LogP contribution is 2.39. The first kappa shape index (κ1) is 106. The Morgan fingerprint density at radius 2 is 0.392 bits per heavy atom. The molecule has 31 nitrogen and oxygen atoms in total. The Balaban J connectivity index is 1.06. The molecule has 0 saturated heterocycles. The van der Waals surface area contributed by atoms with Crippen LogP contribution in [0.3, 0.4) is 0 Å². The number of Topliss-reactive ketones (excluding diaryl/α,β-unsaturated/α-hetero) is 12. The second-order valence-corrected chi connectivity index (χ2v) is 39.3. The number of carbonyl (C=O) groups is 14. The molecule has 0 atom stereocenters. The lowest BCUT2D eigenvalue weighted by molar-refractivity contribution is -0.129. The van der Waals surface area contributed by atoms with Crippen LogP contribution >= 0.6 is 0 Å². The summed E-state index contributed by atoms with van der Waals surface area (Å²) < 4.78 is 37.9. The normalized spacial score (nSPS) is 19.0. The molecule has 0 bridgehead atoms. The smallest absolute Gasteiger partial charge is 0.315 e. The zero-order chi connectivity index (χ0) is 91.8. The van der Waals surface area contributed by atoms with E-state index in [4.69, 9.17) is 28.4 Å². The van der Waals surface area contributed by atoms with Crippen LogP contribution in [0.15, 0.2) is 69.9 Å². The van der Waals surface area contributed by atoms with Crippen LogP contribution < -0.4 is 58.5 Å². The van der Waals surface area contributed by atoms with Crippen molar-refractivity contribution in [3.05, 3.63) is 69.9 Å². The Kier molecular flexibility index (Phi) is 44.9. The minimum atomic E-state index is -1.21. The van der Waals surface area contributed by atoms with Gasteiger partial charge < -0.3 is 86.9 Å². The lowest BCUT2D eigenvalue weighted by Gasteiger charge is -2.34.